The number of carbonyl (C=O) groups excluding carboxylic acids is 3. The largest absolute Gasteiger partial charge is 0.479 e. The maximum absolute atomic E-state index is 13.2. The van der Waals surface area contributed by atoms with Gasteiger partial charge in [0.25, 0.3) is 0 Å². The Hall–Kier alpha value is -4.88. The minimum Gasteiger partial charge on any atom is -0.479 e. The van der Waals surface area contributed by atoms with E-state index in [9.17, 15) is 34.5 Å². The quantitative estimate of drug-likeness (QED) is 0.0228. The Morgan fingerprint density at radius 1 is 0.410 bits per heavy atom. The second-order valence-electron chi connectivity index (χ2n) is 21.6. The predicted molar refractivity (Wildman–Crippen MR) is 340 cm³/mol. The van der Waals surface area contributed by atoms with Crippen molar-refractivity contribution in [2.45, 2.75) is 289 Å². The summed E-state index contributed by atoms with van der Waals surface area (Å²) in [5, 5.41) is 31.6. The standard InChI is InChI=1S/C71H114O12/c1-4-7-10-13-16-19-22-25-28-31-32-35-38-41-44-47-50-53-56-59-65(74)82-69-67(76)66(75)68(70(77)78)83-71(69)80-61-62(81-64(73)58-55-52-49-46-43-40-37-34-30-27-24-21-18-15-12-9-6-3)60-79-63(72)57-54-51-48-45-42-39-36-33-29-26-23-20-17-14-11-8-5-2/h8-9,11-12,16-21,25-30,32,35-36,39,62,66-69,71,75-76H,4-7,10,13-15,22-24,31,33-34,37-38,40-61H2,1-3H3,(H,77,78)/b11-8-,12-9-,19-16-,20-17-,21-18-,28-25-,29-26-,30-27-,35-32-,39-36-. The summed E-state index contributed by atoms with van der Waals surface area (Å²) in [4.78, 5) is 51.4. The lowest BCUT2D eigenvalue weighted by molar-refractivity contribution is -0.301. The Morgan fingerprint density at radius 2 is 0.759 bits per heavy atom. The number of esters is 3. The molecule has 1 aliphatic heterocycles. The van der Waals surface area contributed by atoms with E-state index in [0.717, 1.165) is 173 Å². The summed E-state index contributed by atoms with van der Waals surface area (Å²) in [6.07, 6.45) is 67.2. The van der Waals surface area contributed by atoms with Crippen molar-refractivity contribution in [1.29, 1.82) is 0 Å². The Kier molecular flexibility index (Phi) is 52.8. The van der Waals surface area contributed by atoms with Gasteiger partial charge < -0.3 is 39.0 Å². The van der Waals surface area contributed by atoms with Crippen LogP contribution in [0.3, 0.4) is 0 Å². The molecule has 0 radical (unpaired) electrons. The van der Waals surface area contributed by atoms with Gasteiger partial charge in [-0.05, 0) is 128 Å². The first-order chi connectivity index (χ1) is 40.6. The van der Waals surface area contributed by atoms with Crippen LogP contribution in [-0.4, -0.2) is 89.2 Å². The van der Waals surface area contributed by atoms with Crippen molar-refractivity contribution >= 4 is 23.9 Å². The molecule has 0 amide bonds. The number of allylic oxidation sites excluding steroid dienone is 20. The molecule has 6 unspecified atom stereocenters. The minimum absolute atomic E-state index is 0.0362. The highest BCUT2D eigenvalue weighted by molar-refractivity contribution is 5.74. The summed E-state index contributed by atoms with van der Waals surface area (Å²) < 4.78 is 28.5. The monoisotopic (exact) mass is 1160 g/mol. The molecular weight excluding hydrogens is 1040 g/mol. The number of carboxylic acid groups (broad SMARTS) is 1. The lowest BCUT2D eigenvalue weighted by Crippen LogP contribution is -2.61. The van der Waals surface area contributed by atoms with Crippen LogP contribution in [0.5, 0.6) is 0 Å². The normalized spacial score (nSPS) is 18.4. The lowest BCUT2D eigenvalue weighted by atomic mass is 9.98. The molecule has 1 aliphatic rings. The van der Waals surface area contributed by atoms with Crippen molar-refractivity contribution in [3.8, 4) is 0 Å². The molecule has 83 heavy (non-hydrogen) atoms. The number of rotatable bonds is 54. The van der Waals surface area contributed by atoms with Gasteiger partial charge in [0.15, 0.2) is 24.6 Å². The highest BCUT2D eigenvalue weighted by atomic mass is 16.7. The summed E-state index contributed by atoms with van der Waals surface area (Å²) in [6, 6.07) is 0. The van der Waals surface area contributed by atoms with Crippen molar-refractivity contribution in [1.82, 2.24) is 0 Å². The highest BCUT2D eigenvalue weighted by Gasteiger charge is 2.50. The average Bonchev–Trinajstić information content (AvgIpc) is 3.58. The van der Waals surface area contributed by atoms with Crippen LogP contribution in [0.15, 0.2) is 122 Å². The summed E-state index contributed by atoms with van der Waals surface area (Å²) in [5.74, 6) is -3.19. The summed E-state index contributed by atoms with van der Waals surface area (Å²) >= 11 is 0. The molecule has 0 aromatic rings. The number of aliphatic hydroxyl groups excluding tert-OH is 2. The van der Waals surface area contributed by atoms with Crippen molar-refractivity contribution < 1.29 is 58.2 Å². The third kappa shape index (κ3) is 47.1. The first-order valence-electron chi connectivity index (χ1n) is 32.5. The molecule has 1 saturated heterocycles. The smallest absolute Gasteiger partial charge is 0.335 e. The molecule has 1 fully saturated rings. The number of hydrogen-bond donors (Lipinski definition) is 3. The van der Waals surface area contributed by atoms with Gasteiger partial charge in [-0.15, -0.1) is 0 Å². The van der Waals surface area contributed by atoms with Crippen LogP contribution >= 0.6 is 0 Å². The molecule has 1 rings (SSSR count). The Balaban J connectivity index is 2.70. The van der Waals surface area contributed by atoms with Gasteiger partial charge in [0.05, 0.1) is 6.61 Å². The number of carboxylic acids is 1. The van der Waals surface area contributed by atoms with Crippen LogP contribution in [0.25, 0.3) is 0 Å². The van der Waals surface area contributed by atoms with E-state index in [2.05, 4.69) is 142 Å². The fourth-order valence-corrected chi connectivity index (χ4v) is 9.09. The van der Waals surface area contributed by atoms with Gasteiger partial charge in [-0.25, -0.2) is 4.79 Å². The third-order valence-corrected chi connectivity index (χ3v) is 14.0. The van der Waals surface area contributed by atoms with Crippen molar-refractivity contribution in [2.24, 2.45) is 0 Å². The molecule has 470 valence electrons. The zero-order chi connectivity index (χ0) is 60.3. The fourth-order valence-electron chi connectivity index (χ4n) is 9.09. The first kappa shape index (κ1) is 76.1. The number of carbonyl (C=O) groups is 4. The number of unbranched alkanes of at least 4 members (excludes halogenated alkanes) is 20. The molecule has 1 heterocycles. The molecule has 0 bridgehead atoms. The minimum atomic E-state index is -1.92. The molecule has 0 spiro atoms. The van der Waals surface area contributed by atoms with E-state index in [1.165, 1.54) is 19.3 Å². The fraction of sp³-hybridized carbons (Fsp3) is 0.662. The third-order valence-electron chi connectivity index (χ3n) is 14.0. The molecule has 3 N–H and O–H groups in total. The van der Waals surface area contributed by atoms with Crippen LogP contribution in [0.2, 0.25) is 0 Å². The van der Waals surface area contributed by atoms with Crippen LogP contribution in [0, 0.1) is 0 Å². The summed E-state index contributed by atoms with van der Waals surface area (Å²) in [5.41, 5.74) is 0. The van der Waals surface area contributed by atoms with Crippen LogP contribution in [0.4, 0.5) is 0 Å². The second-order valence-corrected chi connectivity index (χ2v) is 21.6. The SMILES string of the molecule is CC/C=C\C/C=C\C/C=C\C/C=C\CCCCCCC(=O)OCC(COC1OC(C(=O)O)C(O)C(O)C1OC(=O)CCCCCCCC/C=C\C/C=C\C/C=C\CCCCC)OC(=O)CCCCCCCCC/C=C\C/C=C\C/C=C\CC. The predicted octanol–water partition coefficient (Wildman–Crippen LogP) is 17.6. The van der Waals surface area contributed by atoms with Gasteiger partial charge in [-0.3, -0.25) is 14.4 Å². The van der Waals surface area contributed by atoms with Crippen molar-refractivity contribution in [2.75, 3.05) is 13.2 Å². The van der Waals surface area contributed by atoms with Crippen molar-refractivity contribution in [3.63, 3.8) is 0 Å². The van der Waals surface area contributed by atoms with E-state index in [1.54, 1.807) is 0 Å². The van der Waals surface area contributed by atoms with Gasteiger partial charge in [0.2, 0.25) is 0 Å². The average molecular weight is 1160 g/mol. The Morgan fingerprint density at radius 3 is 1.16 bits per heavy atom. The molecule has 12 heteroatoms. The van der Waals surface area contributed by atoms with Gasteiger partial charge in [0.1, 0.15) is 18.8 Å². The van der Waals surface area contributed by atoms with Gasteiger partial charge in [-0.2, -0.15) is 0 Å². The van der Waals surface area contributed by atoms with E-state index >= 15 is 0 Å². The lowest BCUT2D eigenvalue weighted by Gasteiger charge is -2.40. The molecule has 6 atom stereocenters. The first-order valence-corrected chi connectivity index (χ1v) is 32.5. The zero-order valence-corrected chi connectivity index (χ0v) is 51.9. The number of hydrogen-bond acceptors (Lipinski definition) is 11. The maximum atomic E-state index is 13.2. The summed E-state index contributed by atoms with van der Waals surface area (Å²) in [7, 11) is 0. The van der Waals surface area contributed by atoms with E-state index in [0.29, 0.717) is 19.3 Å². The second kappa shape index (κ2) is 57.5. The maximum Gasteiger partial charge on any atom is 0.335 e. The van der Waals surface area contributed by atoms with E-state index < -0.39 is 67.3 Å². The number of ether oxygens (including phenoxy) is 5. The summed E-state index contributed by atoms with van der Waals surface area (Å²) in [6.45, 7) is 5.72. The van der Waals surface area contributed by atoms with E-state index in [-0.39, 0.29) is 25.9 Å². The van der Waals surface area contributed by atoms with E-state index in [4.69, 9.17) is 23.7 Å². The van der Waals surface area contributed by atoms with Crippen LogP contribution < -0.4 is 0 Å². The molecule has 0 saturated carbocycles. The number of aliphatic hydroxyl groups is 2. The molecule has 0 aromatic heterocycles. The number of aliphatic carboxylic acids is 1. The van der Waals surface area contributed by atoms with E-state index in [1.807, 2.05) is 0 Å². The van der Waals surface area contributed by atoms with Crippen molar-refractivity contribution in [3.05, 3.63) is 122 Å². The van der Waals surface area contributed by atoms with Crippen LogP contribution in [-0.2, 0) is 42.9 Å². The van der Waals surface area contributed by atoms with Crippen LogP contribution in [0.1, 0.15) is 252 Å². The Labute approximate surface area is 503 Å². The van der Waals surface area contributed by atoms with Gasteiger partial charge in [-0.1, -0.05) is 226 Å². The Bertz CT molecular complexity index is 1900. The zero-order valence-electron chi connectivity index (χ0n) is 51.9. The highest BCUT2D eigenvalue weighted by Crippen LogP contribution is 2.26. The van der Waals surface area contributed by atoms with Gasteiger partial charge in [0, 0.05) is 19.3 Å². The molecule has 0 aliphatic carbocycles. The molecular formula is C71H114O12. The van der Waals surface area contributed by atoms with Gasteiger partial charge >= 0.3 is 23.9 Å². The topological polar surface area (TPSA) is 175 Å². The molecule has 0 aromatic carbocycles. The molecule has 12 nitrogen and oxygen atoms in total.